The van der Waals surface area contributed by atoms with Gasteiger partial charge in [-0.15, -0.1) is 11.3 Å². The third-order valence-corrected chi connectivity index (χ3v) is 7.03. The molecule has 0 aliphatic carbocycles. The van der Waals surface area contributed by atoms with Gasteiger partial charge >= 0.3 is 5.97 Å². The molecule has 8 nitrogen and oxygen atoms in total. The molecule has 1 fully saturated rings. The van der Waals surface area contributed by atoms with Gasteiger partial charge in [-0.2, -0.15) is 5.10 Å². The number of piperazine rings is 1. The van der Waals surface area contributed by atoms with Gasteiger partial charge in [-0.3, -0.25) is 14.5 Å². The molecule has 3 heterocycles. The van der Waals surface area contributed by atoms with Gasteiger partial charge in [-0.05, 0) is 35.6 Å². The first-order valence-corrected chi connectivity index (χ1v) is 12.2. The first kappa shape index (κ1) is 23.3. The highest BCUT2D eigenvalue weighted by atomic mass is 32.1. The quantitative estimate of drug-likeness (QED) is 0.371. The lowest BCUT2D eigenvalue weighted by Crippen LogP contribution is -2.56. The summed E-state index contributed by atoms with van der Waals surface area (Å²) < 4.78 is 9.25. The Kier molecular flexibility index (Phi) is 7.69. The normalized spacial score (nSPS) is 16.5. The Balaban J connectivity index is 1.59. The van der Waals surface area contributed by atoms with Gasteiger partial charge in [0.05, 0.1) is 20.2 Å². The maximum atomic E-state index is 12.5. The van der Waals surface area contributed by atoms with Crippen LogP contribution in [0.25, 0.3) is 0 Å². The van der Waals surface area contributed by atoms with Crippen LogP contribution in [0.1, 0.15) is 22.7 Å². The van der Waals surface area contributed by atoms with Gasteiger partial charge in [0.1, 0.15) is 11.9 Å². The number of ether oxygens (including phenoxy) is 1. The van der Waals surface area contributed by atoms with E-state index in [1.165, 1.54) is 17.6 Å². The summed E-state index contributed by atoms with van der Waals surface area (Å²) in [5.41, 5.74) is 1.24. The molecule has 0 unspecified atom stereocenters. The molecule has 1 aromatic carbocycles. The summed E-state index contributed by atoms with van der Waals surface area (Å²) in [6.45, 7) is 2.17. The predicted molar refractivity (Wildman–Crippen MR) is 128 cm³/mol. The number of hydrogen-bond acceptors (Lipinski definition) is 7. The molecule has 4 rings (SSSR count). The molecule has 0 radical (unpaired) electrons. The van der Waals surface area contributed by atoms with Crippen LogP contribution in [0.15, 0.2) is 47.8 Å². The van der Waals surface area contributed by atoms with Gasteiger partial charge < -0.3 is 14.6 Å². The van der Waals surface area contributed by atoms with Crippen LogP contribution in [0.3, 0.4) is 0 Å². The van der Waals surface area contributed by atoms with E-state index in [1.54, 1.807) is 16.0 Å². The zero-order valence-electron chi connectivity index (χ0n) is 18.5. The van der Waals surface area contributed by atoms with E-state index in [9.17, 15) is 9.59 Å². The Morgan fingerprint density at radius 1 is 1.27 bits per heavy atom. The average Bonchev–Trinajstić information content (AvgIpc) is 3.43. The van der Waals surface area contributed by atoms with Gasteiger partial charge in [0, 0.05) is 30.9 Å². The monoisotopic (exact) mass is 485 g/mol. The zero-order valence-corrected chi connectivity index (χ0v) is 20.1. The summed E-state index contributed by atoms with van der Waals surface area (Å²) >= 11 is 7.51. The Morgan fingerprint density at radius 2 is 2.09 bits per heavy atom. The number of esters is 1. The largest absolute Gasteiger partial charge is 0.469 e. The Labute approximate surface area is 201 Å². The molecule has 1 aliphatic heterocycles. The van der Waals surface area contributed by atoms with E-state index in [0.717, 1.165) is 18.8 Å². The lowest BCUT2D eigenvalue weighted by molar-refractivity contribution is -0.146. The second kappa shape index (κ2) is 10.9. The summed E-state index contributed by atoms with van der Waals surface area (Å²) in [6.07, 6.45) is 1.52. The first-order valence-electron chi connectivity index (χ1n) is 10.9. The van der Waals surface area contributed by atoms with Crippen molar-refractivity contribution in [2.24, 2.45) is 0 Å². The molecule has 1 amide bonds. The topological polar surface area (TPSA) is 81.4 Å². The standard InChI is InChI=1S/C23H27N5O3S2/c1-31-21(29)15-19-22(30)24-10-12-26(19)16-28-23(32)27(11-9-17-6-3-2-4-7-17)20(25-28)14-18-8-5-13-33-18/h2-8,13,19H,9-12,14-16H2,1H3,(H,24,30)/t19-/m1/s1. The van der Waals surface area contributed by atoms with Gasteiger partial charge in [0.2, 0.25) is 5.91 Å². The number of rotatable bonds is 9. The molecule has 0 bridgehead atoms. The van der Waals surface area contributed by atoms with Crippen molar-refractivity contribution < 1.29 is 14.3 Å². The van der Waals surface area contributed by atoms with Crippen LogP contribution in [-0.4, -0.2) is 57.4 Å². The van der Waals surface area contributed by atoms with Crippen molar-refractivity contribution in [2.45, 2.75) is 38.5 Å². The Hall–Kier alpha value is -2.82. The summed E-state index contributed by atoms with van der Waals surface area (Å²) in [7, 11) is 1.33. The summed E-state index contributed by atoms with van der Waals surface area (Å²) in [5.74, 6) is 0.294. The minimum atomic E-state index is -0.608. The summed E-state index contributed by atoms with van der Waals surface area (Å²) in [6, 6.07) is 13.8. The number of amides is 1. The molecule has 0 spiro atoms. The fourth-order valence-corrected chi connectivity index (χ4v) is 4.95. The molecule has 2 aromatic heterocycles. The number of hydrogen-bond donors (Lipinski definition) is 1. The van der Waals surface area contributed by atoms with E-state index in [1.807, 2.05) is 29.2 Å². The first-order chi connectivity index (χ1) is 16.0. The van der Waals surface area contributed by atoms with Gasteiger partial charge in [0.15, 0.2) is 4.77 Å². The lowest BCUT2D eigenvalue weighted by atomic mass is 10.1. The van der Waals surface area contributed by atoms with Crippen LogP contribution in [0.5, 0.6) is 0 Å². The highest BCUT2D eigenvalue weighted by molar-refractivity contribution is 7.71. The molecule has 1 aliphatic rings. The van der Waals surface area contributed by atoms with Crippen molar-refractivity contribution in [1.29, 1.82) is 0 Å². The van der Waals surface area contributed by atoms with E-state index < -0.39 is 12.0 Å². The minimum absolute atomic E-state index is 0.00752. The van der Waals surface area contributed by atoms with Crippen LogP contribution < -0.4 is 5.32 Å². The smallest absolute Gasteiger partial charge is 0.307 e. The number of benzene rings is 1. The number of aryl methyl sites for hydroxylation is 1. The van der Waals surface area contributed by atoms with Gasteiger partial charge in [-0.1, -0.05) is 36.4 Å². The fourth-order valence-electron chi connectivity index (χ4n) is 3.95. The molecule has 1 N–H and O–H groups in total. The molecule has 33 heavy (non-hydrogen) atoms. The second-order valence-electron chi connectivity index (χ2n) is 7.88. The summed E-state index contributed by atoms with van der Waals surface area (Å²) in [5, 5.41) is 9.73. The molecular weight excluding hydrogens is 458 g/mol. The van der Waals surface area contributed by atoms with Crippen molar-refractivity contribution in [3.05, 3.63) is 68.9 Å². The highest BCUT2D eigenvalue weighted by Crippen LogP contribution is 2.17. The molecule has 0 saturated carbocycles. The van der Waals surface area contributed by atoms with Crippen molar-refractivity contribution >= 4 is 35.4 Å². The molecule has 1 atom stereocenters. The third-order valence-electron chi connectivity index (χ3n) is 5.72. The van der Waals surface area contributed by atoms with E-state index >= 15 is 0 Å². The van der Waals surface area contributed by atoms with Crippen molar-refractivity contribution in [2.75, 3.05) is 20.2 Å². The lowest BCUT2D eigenvalue weighted by Gasteiger charge is -2.33. The number of carbonyl (C=O) groups excluding carboxylic acids is 2. The van der Waals surface area contributed by atoms with Crippen molar-refractivity contribution in [3.8, 4) is 0 Å². The predicted octanol–water partition coefficient (Wildman–Crippen LogP) is 2.63. The Bertz CT molecular complexity index is 1140. The van der Waals surface area contributed by atoms with E-state index in [4.69, 9.17) is 22.1 Å². The molecule has 174 valence electrons. The van der Waals surface area contributed by atoms with Crippen LogP contribution in [0.4, 0.5) is 0 Å². The third kappa shape index (κ3) is 5.76. The molecule has 10 heteroatoms. The second-order valence-corrected chi connectivity index (χ2v) is 9.28. The Morgan fingerprint density at radius 3 is 2.82 bits per heavy atom. The van der Waals surface area contributed by atoms with Crippen LogP contribution >= 0.6 is 23.6 Å². The number of carbonyl (C=O) groups is 2. The average molecular weight is 486 g/mol. The van der Waals surface area contributed by atoms with E-state index in [0.29, 0.717) is 31.0 Å². The highest BCUT2D eigenvalue weighted by Gasteiger charge is 2.32. The zero-order chi connectivity index (χ0) is 23.2. The SMILES string of the molecule is COC(=O)C[C@@H]1C(=O)NCCN1Cn1nc(Cc2cccs2)n(CCc2ccccc2)c1=S. The van der Waals surface area contributed by atoms with Crippen molar-refractivity contribution in [1.82, 2.24) is 24.6 Å². The number of methoxy groups -OCH3 is 1. The number of thiophene rings is 1. The fraction of sp³-hybridized carbons (Fsp3) is 0.391. The molecule has 1 saturated heterocycles. The maximum absolute atomic E-state index is 12.5. The van der Waals surface area contributed by atoms with Crippen molar-refractivity contribution in [3.63, 3.8) is 0 Å². The van der Waals surface area contributed by atoms with Gasteiger partial charge in [-0.25, -0.2) is 4.68 Å². The van der Waals surface area contributed by atoms with Gasteiger partial charge in [0.25, 0.3) is 0 Å². The molecule has 3 aromatic rings. The maximum Gasteiger partial charge on any atom is 0.307 e. The number of aromatic nitrogens is 3. The molecular formula is C23H27N5O3S2. The summed E-state index contributed by atoms with van der Waals surface area (Å²) in [4.78, 5) is 27.5. The number of nitrogens with one attached hydrogen (secondary N) is 1. The van der Waals surface area contributed by atoms with Crippen LogP contribution in [-0.2, 0) is 40.4 Å². The minimum Gasteiger partial charge on any atom is -0.469 e. The number of nitrogens with zero attached hydrogens (tertiary/aromatic N) is 4. The van der Waals surface area contributed by atoms with E-state index in [2.05, 4.69) is 33.5 Å². The van der Waals surface area contributed by atoms with Crippen LogP contribution in [0.2, 0.25) is 0 Å². The van der Waals surface area contributed by atoms with E-state index in [-0.39, 0.29) is 12.3 Å². The van der Waals surface area contributed by atoms with Crippen LogP contribution in [0, 0.1) is 4.77 Å².